The number of anilines is 6. The summed E-state index contributed by atoms with van der Waals surface area (Å²) >= 11 is 6.30. The van der Waals surface area contributed by atoms with Crippen molar-refractivity contribution in [2.75, 3.05) is 27.8 Å². The van der Waals surface area contributed by atoms with Crippen molar-refractivity contribution in [1.82, 2.24) is 15.3 Å². The maximum atomic E-state index is 12.4. The summed E-state index contributed by atoms with van der Waals surface area (Å²) in [6.07, 6.45) is 4.33. The lowest BCUT2D eigenvalue weighted by atomic mass is 10.1. The number of benzene rings is 2. The minimum Gasteiger partial charge on any atom is -0.337 e. The van der Waals surface area contributed by atoms with Crippen LogP contribution in [0.2, 0.25) is 5.02 Å². The van der Waals surface area contributed by atoms with E-state index in [-0.39, 0.29) is 28.8 Å². The molecule has 1 aliphatic rings. The van der Waals surface area contributed by atoms with Crippen LogP contribution in [0.4, 0.5) is 34.5 Å². The number of para-hydroxylation sites is 2. The molecule has 0 unspecified atom stereocenters. The Labute approximate surface area is 212 Å². The van der Waals surface area contributed by atoms with Crippen LogP contribution < -0.4 is 26.6 Å². The molecule has 11 heteroatoms. The number of nitrogens with one attached hydrogen (secondary N) is 5. The monoisotopic (exact) mass is 502 g/mol. The summed E-state index contributed by atoms with van der Waals surface area (Å²) in [4.78, 5) is 32.7. The van der Waals surface area contributed by atoms with Crippen LogP contribution in [-0.2, 0) is 9.59 Å². The van der Waals surface area contributed by atoms with Crippen LogP contribution in [-0.4, -0.2) is 34.4 Å². The van der Waals surface area contributed by atoms with E-state index in [4.69, 9.17) is 11.6 Å². The fraction of sp³-hybridized carbons (Fsp3) is 0.160. The Kier molecular flexibility index (Phi) is 7.75. The number of carbonyl (C=O) groups excluding carboxylic acids is 2. The first-order valence-corrected chi connectivity index (χ1v) is 11.5. The molecule has 10 nitrogen and oxygen atoms in total. The van der Waals surface area contributed by atoms with Crippen molar-refractivity contribution < 1.29 is 9.59 Å². The predicted octanol–water partition coefficient (Wildman–Crippen LogP) is 4.30. The van der Waals surface area contributed by atoms with Crippen molar-refractivity contribution in [1.29, 1.82) is 5.26 Å². The third-order valence-electron chi connectivity index (χ3n) is 5.40. The Hall–Kier alpha value is -4.46. The van der Waals surface area contributed by atoms with Crippen LogP contribution in [0.3, 0.4) is 0 Å². The fourth-order valence-corrected chi connectivity index (χ4v) is 3.75. The molecule has 1 aromatic heterocycles. The molecule has 0 spiro atoms. The van der Waals surface area contributed by atoms with Gasteiger partial charge in [-0.15, -0.1) is 0 Å². The molecule has 1 aliphatic heterocycles. The lowest BCUT2D eigenvalue weighted by Gasteiger charge is -2.15. The van der Waals surface area contributed by atoms with Gasteiger partial charge in [-0.3, -0.25) is 9.59 Å². The predicted molar refractivity (Wildman–Crippen MR) is 140 cm³/mol. The van der Waals surface area contributed by atoms with E-state index >= 15 is 0 Å². The normalized spacial score (nSPS) is 14.4. The second kappa shape index (κ2) is 11.3. The van der Waals surface area contributed by atoms with Gasteiger partial charge in [0.2, 0.25) is 17.8 Å². The van der Waals surface area contributed by atoms with Crippen molar-refractivity contribution in [3.8, 4) is 6.07 Å². The molecule has 0 bridgehead atoms. The summed E-state index contributed by atoms with van der Waals surface area (Å²) in [5, 5.41) is 24.7. The zero-order valence-corrected chi connectivity index (χ0v) is 19.9. The summed E-state index contributed by atoms with van der Waals surface area (Å²) in [6, 6.07) is 13.9. The Morgan fingerprint density at radius 2 is 1.94 bits per heavy atom. The van der Waals surface area contributed by atoms with E-state index in [2.05, 4.69) is 49.2 Å². The third kappa shape index (κ3) is 5.96. The highest BCUT2D eigenvalue weighted by Gasteiger charge is 2.22. The molecule has 0 saturated carbocycles. The highest BCUT2D eigenvalue weighted by atomic mass is 35.5. The van der Waals surface area contributed by atoms with Gasteiger partial charge in [0.05, 0.1) is 34.9 Å². The van der Waals surface area contributed by atoms with Gasteiger partial charge in [-0.2, -0.15) is 10.2 Å². The van der Waals surface area contributed by atoms with Crippen LogP contribution in [0, 0.1) is 11.3 Å². The van der Waals surface area contributed by atoms with Gasteiger partial charge in [0, 0.05) is 5.69 Å². The first-order chi connectivity index (χ1) is 17.5. The lowest BCUT2D eigenvalue weighted by Crippen LogP contribution is -2.35. The minimum atomic E-state index is -0.358. The van der Waals surface area contributed by atoms with Crippen LogP contribution in [0.5, 0.6) is 0 Å². The molecule has 2 heterocycles. The van der Waals surface area contributed by atoms with Gasteiger partial charge in [-0.25, -0.2) is 4.98 Å². The SMILES string of the molecule is C=CC(=O)Nc1ccccc1Nc1nc(Nc2ccc(NC(=O)[C@H]3CCCN3)cc2C#N)ncc1Cl. The third-order valence-corrected chi connectivity index (χ3v) is 5.67. The van der Waals surface area contributed by atoms with Crippen LogP contribution in [0.1, 0.15) is 18.4 Å². The molecule has 1 saturated heterocycles. The lowest BCUT2D eigenvalue weighted by molar-refractivity contribution is -0.117. The molecule has 1 atom stereocenters. The molecule has 3 aromatic rings. The molecule has 182 valence electrons. The smallest absolute Gasteiger partial charge is 0.247 e. The van der Waals surface area contributed by atoms with E-state index in [1.165, 1.54) is 12.3 Å². The standard InChI is InChI=1S/C25H23ClN8O2/c1-2-22(35)31-19-6-3-4-7-20(19)32-23-17(26)14-29-25(34-23)33-18-10-9-16(12-15(18)13-27)30-24(36)21-8-5-11-28-21/h2-4,6-7,9-10,12,14,21,28H,1,5,8,11H2,(H,30,36)(H,31,35)(H2,29,32,33,34)/t21-/m1/s1. The Morgan fingerprint density at radius 1 is 1.14 bits per heavy atom. The van der Waals surface area contributed by atoms with Gasteiger partial charge < -0.3 is 26.6 Å². The molecule has 36 heavy (non-hydrogen) atoms. The highest BCUT2D eigenvalue weighted by molar-refractivity contribution is 6.33. The number of hydrogen-bond acceptors (Lipinski definition) is 8. The molecule has 1 fully saturated rings. The maximum absolute atomic E-state index is 12.4. The van der Waals surface area contributed by atoms with Gasteiger partial charge in [-0.1, -0.05) is 30.3 Å². The average molecular weight is 503 g/mol. The number of rotatable bonds is 8. The van der Waals surface area contributed by atoms with Crippen molar-refractivity contribution in [2.24, 2.45) is 0 Å². The van der Waals surface area contributed by atoms with E-state index in [1.54, 1.807) is 42.5 Å². The summed E-state index contributed by atoms with van der Waals surface area (Å²) in [5.41, 5.74) is 2.37. The average Bonchev–Trinajstić information content (AvgIpc) is 3.43. The molecular weight excluding hydrogens is 480 g/mol. The molecule has 5 N–H and O–H groups in total. The van der Waals surface area contributed by atoms with E-state index in [0.717, 1.165) is 19.4 Å². The molecule has 2 aromatic carbocycles. The highest BCUT2D eigenvalue weighted by Crippen LogP contribution is 2.30. The molecule has 0 radical (unpaired) electrons. The Bertz CT molecular complexity index is 1350. The van der Waals surface area contributed by atoms with Crippen LogP contribution >= 0.6 is 11.6 Å². The van der Waals surface area contributed by atoms with Crippen molar-refractivity contribution >= 4 is 57.9 Å². The van der Waals surface area contributed by atoms with Gasteiger partial charge in [0.25, 0.3) is 0 Å². The summed E-state index contributed by atoms with van der Waals surface area (Å²) < 4.78 is 0. The summed E-state index contributed by atoms with van der Waals surface area (Å²) in [5.74, 6) is 0.000786. The zero-order chi connectivity index (χ0) is 25.5. The second-order valence-corrected chi connectivity index (χ2v) is 8.30. The summed E-state index contributed by atoms with van der Waals surface area (Å²) in [6.45, 7) is 4.28. The number of amides is 2. The van der Waals surface area contributed by atoms with Gasteiger partial charge in [0.15, 0.2) is 5.82 Å². The maximum Gasteiger partial charge on any atom is 0.247 e. The van der Waals surface area contributed by atoms with Crippen LogP contribution in [0.15, 0.2) is 61.3 Å². The number of halogens is 1. The number of carbonyl (C=O) groups is 2. The van der Waals surface area contributed by atoms with Gasteiger partial charge in [0.1, 0.15) is 11.1 Å². The first kappa shape index (κ1) is 24.7. The number of aromatic nitrogens is 2. The topological polar surface area (TPSA) is 144 Å². The van der Waals surface area contributed by atoms with Crippen molar-refractivity contribution in [2.45, 2.75) is 18.9 Å². The van der Waals surface area contributed by atoms with E-state index in [1.807, 2.05) is 0 Å². The molecule has 4 rings (SSSR count). The minimum absolute atomic E-state index is 0.126. The Morgan fingerprint density at radius 3 is 2.67 bits per heavy atom. The van der Waals surface area contributed by atoms with Gasteiger partial charge >= 0.3 is 0 Å². The molecular formula is C25H23ClN8O2. The van der Waals surface area contributed by atoms with Crippen molar-refractivity contribution in [3.63, 3.8) is 0 Å². The van der Waals surface area contributed by atoms with E-state index in [0.29, 0.717) is 34.1 Å². The van der Waals surface area contributed by atoms with E-state index in [9.17, 15) is 14.9 Å². The quantitative estimate of drug-likeness (QED) is 0.287. The van der Waals surface area contributed by atoms with E-state index < -0.39 is 0 Å². The first-order valence-electron chi connectivity index (χ1n) is 11.1. The van der Waals surface area contributed by atoms with Gasteiger partial charge in [-0.05, 0) is 55.8 Å². The molecule has 0 aliphatic carbocycles. The number of hydrogen-bond donors (Lipinski definition) is 5. The Balaban J connectivity index is 1.52. The largest absolute Gasteiger partial charge is 0.337 e. The number of nitrogens with zero attached hydrogens (tertiary/aromatic N) is 3. The van der Waals surface area contributed by atoms with Crippen LogP contribution in [0.25, 0.3) is 0 Å². The summed E-state index contributed by atoms with van der Waals surface area (Å²) in [7, 11) is 0. The molecule has 2 amide bonds. The van der Waals surface area contributed by atoms with Crippen molar-refractivity contribution in [3.05, 3.63) is 71.9 Å². The fourth-order valence-electron chi connectivity index (χ4n) is 3.61. The number of nitriles is 1. The second-order valence-electron chi connectivity index (χ2n) is 7.89. The zero-order valence-electron chi connectivity index (χ0n) is 19.1.